The van der Waals surface area contributed by atoms with Crippen molar-refractivity contribution in [3.05, 3.63) is 256 Å². The Morgan fingerprint density at radius 2 is 0.635 bits per heavy atom. The molecule has 0 heterocycles. The monoisotopic (exact) mass is 1190 g/mol. The van der Waals surface area contributed by atoms with E-state index in [1.165, 1.54) is 81.0 Å². The van der Waals surface area contributed by atoms with E-state index >= 15 is 0 Å². The molecule has 11 nitrogen and oxygen atoms in total. The number of nitrogens with two attached hydrogens (primary N) is 10. The van der Waals surface area contributed by atoms with Gasteiger partial charge in [0.2, 0.25) is 0 Å². The van der Waals surface area contributed by atoms with E-state index in [0.29, 0.717) is 11.4 Å². The zero-order valence-electron chi connectivity index (χ0n) is 53.7. The highest BCUT2D eigenvalue weighted by molar-refractivity contribution is 7.99. The highest BCUT2D eigenvalue weighted by Crippen LogP contribution is 2.25. The van der Waals surface area contributed by atoms with E-state index in [0.717, 1.165) is 64.8 Å². The summed E-state index contributed by atoms with van der Waals surface area (Å²) in [5.41, 5.74) is 70.3. The second kappa shape index (κ2) is 48.3. The number of hydrogen-bond acceptors (Lipinski definition) is 13. The lowest BCUT2D eigenvalue weighted by molar-refractivity contribution is 0.482. The van der Waals surface area contributed by atoms with Gasteiger partial charge in [-0.2, -0.15) is 0 Å². The Kier molecular flexibility index (Phi) is 44.9. The number of benzene rings is 9. The van der Waals surface area contributed by atoms with Gasteiger partial charge in [0.05, 0.1) is 0 Å². The quantitative estimate of drug-likeness (QED) is 0.0502. The second-order valence-electron chi connectivity index (χ2n) is 18.5. The van der Waals surface area contributed by atoms with E-state index in [1.807, 2.05) is 138 Å². The summed E-state index contributed by atoms with van der Waals surface area (Å²) in [7, 11) is 4.50. The summed E-state index contributed by atoms with van der Waals surface area (Å²) in [5, 5.41) is 0. The SMILES string of the molecule is CC.CCc1cc(C)cc(CC)c1.CN.CN.CN.CSc1cc(C)cc(SC)c1.Cc1ccc(Cc2ccc(N)cc2)cc1.Cc1ccc(N)cc1.Cc1ccc(N)cc1N.Cc1ccc(Oc2ccc(N)cc2)cc1.Nc1cccc(N)c1. The van der Waals surface area contributed by atoms with Crippen LogP contribution in [0.25, 0.3) is 0 Å². The van der Waals surface area contributed by atoms with Crippen molar-refractivity contribution in [2.45, 2.75) is 98.3 Å². The van der Waals surface area contributed by atoms with Gasteiger partial charge in [-0.1, -0.05) is 141 Å². The van der Waals surface area contributed by atoms with Crippen molar-refractivity contribution in [1.29, 1.82) is 0 Å². The zero-order valence-corrected chi connectivity index (χ0v) is 55.3. The lowest BCUT2D eigenvalue weighted by Crippen LogP contribution is -1.91. The lowest BCUT2D eigenvalue weighted by Gasteiger charge is -2.05. The van der Waals surface area contributed by atoms with E-state index in [2.05, 4.69) is 137 Å². The van der Waals surface area contributed by atoms with Gasteiger partial charge in [0.25, 0.3) is 0 Å². The molecule has 0 saturated heterocycles. The van der Waals surface area contributed by atoms with E-state index in [1.54, 1.807) is 47.8 Å². The van der Waals surface area contributed by atoms with Gasteiger partial charge in [-0.25, -0.2) is 0 Å². The van der Waals surface area contributed by atoms with Gasteiger partial charge >= 0.3 is 0 Å². The Morgan fingerprint density at radius 1 is 0.318 bits per heavy atom. The fourth-order valence-corrected chi connectivity index (χ4v) is 8.12. The maximum atomic E-state index is 5.64. The topological polar surface area (TPSA) is 269 Å². The molecule has 0 atom stereocenters. The molecule has 0 bridgehead atoms. The molecule has 460 valence electrons. The zero-order chi connectivity index (χ0) is 64.7. The summed E-state index contributed by atoms with van der Waals surface area (Å²) in [5.74, 6) is 1.64. The summed E-state index contributed by atoms with van der Waals surface area (Å²) >= 11 is 3.60. The fraction of sp³-hybridized carbons (Fsp3) is 0.250. The summed E-state index contributed by atoms with van der Waals surface area (Å²) in [6.07, 6.45) is 7.49. The highest BCUT2D eigenvalue weighted by atomic mass is 32.2. The number of rotatable bonds is 8. The third-order valence-corrected chi connectivity index (χ3v) is 12.9. The van der Waals surface area contributed by atoms with Crippen LogP contribution in [0.15, 0.2) is 210 Å². The van der Waals surface area contributed by atoms with E-state index < -0.39 is 0 Å². The number of hydrogen-bond donors (Lipinski definition) is 10. The molecule has 13 heteroatoms. The van der Waals surface area contributed by atoms with Gasteiger partial charge in [-0.3, -0.25) is 0 Å². The second-order valence-corrected chi connectivity index (χ2v) is 20.3. The van der Waals surface area contributed by atoms with Gasteiger partial charge in [0.1, 0.15) is 11.5 Å². The van der Waals surface area contributed by atoms with Crippen LogP contribution in [0.4, 0.5) is 39.8 Å². The normalized spacial score (nSPS) is 9.15. The van der Waals surface area contributed by atoms with E-state index in [9.17, 15) is 0 Å². The number of anilines is 7. The maximum absolute atomic E-state index is 5.64. The average molecular weight is 1190 g/mol. The van der Waals surface area contributed by atoms with Gasteiger partial charge in [-0.05, 0) is 237 Å². The van der Waals surface area contributed by atoms with Gasteiger partial charge in [-0.15, -0.1) is 23.5 Å². The molecule has 9 aromatic carbocycles. The summed E-state index contributed by atoms with van der Waals surface area (Å²) in [4.78, 5) is 2.71. The van der Waals surface area contributed by atoms with Crippen molar-refractivity contribution >= 4 is 63.3 Å². The number of aryl methyl sites for hydroxylation is 8. The Bertz CT molecular complexity index is 2770. The molecule has 0 unspecified atom stereocenters. The first kappa shape index (κ1) is 79.0. The van der Waals surface area contributed by atoms with Crippen molar-refractivity contribution in [1.82, 2.24) is 0 Å². The van der Waals surface area contributed by atoms with Crippen LogP contribution < -0.4 is 62.1 Å². The van der Waals surface area contributed by atoms with Crippen LogP contribution >= 0.6 is 23.5 Å². The lowest BCUT2D eigenvalue weighted by atomic mass is 10.0. The minimum Gasteiger partial charge on any atom is -0.457 e. The third-order valence-electron chi connectivity index (χ3n) is 11.4. The minimum absolute atomic E-state index is 0.713. The third kappa shape index (κ3) is 37.7. The molecule has 9 aromatic rings. The smallest absolute Gasteiger partial charge is 0.127 e. The van der Waals surface area contributed by atoms with Crippen molar-refractivity contribution in [2.24, 2.45) is 17.2 Å². The molecule has 0 radical (unpaired) electrons. The van der Waals surface area contributed by atoms with Crippen LogP contribution in [0.5, 0.6) is 11.5 Å². The van der Waals surface area contributed by atoms with Crippen LogP contribution in [0, 0.1) is 41.5 Å². The van der Waals surface area contributed by atoms with Crippen LogP contribution in [-0.4, -0.2) is 33.7 Å². The largest absolute Gasteiger partial charge is 0.457 e. The molecule has 0 aliphatic carbocycles. The number of ether oxygens (including phenoxy) is 1. The molecule has 0 aliphatic heterocycles. The predicted molar refractivity (Wildman–Crippen MR) is 384 cm³/mol. The number of thioether (sulfide) groups is 2. The Labute approximate surface area is 521 Å². The van der Waals surface area contributed by atoms with Crippen molar-refractivity contribution < 1.29 is 4.74 Å². The molecule has 0 amide bonds. The average Bonchev–Trinajstić information content (AvgIpc) is 3.59. The summed E-state index contributed by atoms with van der Waals surface area (Å²) in [6.45, 7) is 20.9. The van der Waals surface area contributed by atoms with Gasteiger partial charge in [0.15, 0.2) is 0 Å². The summed E-state index contributed by atoms with van der Waals surface area (Å²) < 4.78 is 5.63. The van der Waals surface area contributed by atoms with E-state index in [4.69, 9.17) is 44.9 Å². The molecule has 9 rings (SSSR count). The highest BCUT2D eigenvalue weighted by Gasteiger charge is 1.99. The Morgan fingerprint density at radius 3 is 0.976 bits per heavy atom. The first-order valence-electron chi connectivity index (χ1n) is 28.3. The standard InChI is InChI=1S/C14H15N.C13H13NO.C11H16.C9H12S2.C7H10N2.C7H9N.C6H8N2.C2H6.3CH5N/c1-11-2-4-12(5-3-11)10-13-6-8-14(15)9-7-13;1-10-2-6-12(7-3-10)15-13-8-4-11(14)5-9-13;1-4-10-6-9(3)7-11(5-2)8-10;1-7-4-8(10-2)6-9(5-7)11-3;1-5-2-3-6(8)4-7(5)9;1-6-2-4-7(8)5-3-6;7-5-2-1-3-6(8)4-5;4*1-2/h2-9H,10,15H2,1H3;2-9H,14H2,1H3;6-8H,4-5H2,1-3H3;4-6H,1-3H3;2-4H,8-9H2,1H3;2-5H,8H2,1H3;1-4H,7-8H2;1-2H3;3*2H2,1H3. The molecule has 0 aliphatic rings. The molecule has 0 saturated carbocycles. The van der Waals surface area contributed by atoms with E-state index in [-0.39, 0.29) is 0 Å². The predicted octanol–water partition coefficient (Wildman–Crippen LogP) is 16.4. The molecular formula is C72H104N10OS2. The van der Waals surface area contributed by atoms with Crippen LogP contribution in [-0.2, 0) is 19.3 Å². The fourth-order valence-electron chi connectivity index (χ4n) is 6.95. The van der Waals surface area contributed by atoms with Gasteiger partial charge in [0, 0.05) is 49.6 Å². The maximum Gasteiger partial charge on any atom is 0.127 e. The van der Waals surface area contributed by atoms with Crippen LogP contribution in [0.2, 0.25) is 0 Å². The first-order valence-corrected chi connectivity index (χ1v) is 30.8. The number of nitrogen functional groups attached to an aromatic ring is 7. The Balaban J connectivity index is 0. The van der Waals surface area contributed by atoms with Crippen molar-refractivity contribution in [3.8, 4) is 11.5 Å². The molecule has 0 spiro atoms. The Hall–Kier alpha value is -8.04. The molecule has 20 N–H and O–H groups in total. The van der Waals surface area contributed by atoms with Crippen LogP contribution in [0.1, 0.15) is 83.3 Å². The van der Waals surface area contributed by atoms with Crippen molar-refractivity contribution in [3.63, 3.8) is 0 Å². The molecule has 0 fully saturated rings. The minimum atomic E-state index is 0.713. The summed E-state index contributed by atoms with van der Waals surface area (Å²) in [6, 6.07) is 65.9. The molecule has 85 heavy (non-hydrogen) atoms. The van der Waals surface area contributed by atoms with Crippen LogP contribution in [0.3, 0.4) is 0 Å². The molecule has 0 aromatic heterocycles. The van der Waals surface area contributed by atoms with Crippen molar-refractivity contribution in [2.75, 3.05) is 73.8 Å². The van der Waals surface area contributed by atoms with Gasteiger partial charge < -0.3 is 62.1 Å². The first-order chi connectivity index (χ1) is 40.8. The molecular weight excluding hydrogens is 1080 g/mol.